The van der Waals surface area contributed by atoms with Gasteiger partial charge in [0.25, 0.3) is 0 Å². The minimum atomic E-state index is -0.448. The van der Waals surface area contributed by atoms with Gasteiger partial charge in [-0.1, -0.05) is 0 Å². The average Bonchev–Trinajstić information content (AvgIpc) is 3.08. The Morgan fingerprint density at radius 1 is 1.28 bits per heavy atom. The molecule has 3 aliphatic rings. The Bertz CT molecular complexity index is 593. The molecule has 0 radical (unpaired) electrons. The topological polar surface area (TPSA) is 74.4 Å². The molecule has 0 aromatic rings. The molecule has 0 bridgehead atoms. The first-order valence-corrected chi connectivity index (χ1v) is 11.0. The molecule has 2 aliphatic heterocycles. The van der Waals surface area contributed by atoms with E-state index in [0.29, 0.717) is 38.3 Å². The van der Waals surface area contributed by atoms with Crippen molar-refractivity contribution in [3.05, 3.63) is 0 Å². The van der Waals surface area contributed by atoms with Crippen LogP contribution in [-0.2, 0) is 14.3 Å². The van der Waals surface area contributed by atoms with E-state index in [4.69, 9.17) is 9.47 Å². The van der Waals surface area contributed by atoms with Gasteiger partial charge in [0, 0.05) is 44.6 Å². The zero-order valence-electron chi connectivity index (χ0n) is 18.6. The summed E-state index contributed by atoms with van der Waals surface area (Å²) in [6.45, 7) is 6.94. The Kier molecular flexibility index (Phi) is 7.19. The molecule has 2 heterocycles. The molecule has 3 fully saturated rings. The SMILES string of the molecule is CCN(C(=O)N[C@@H](C)CN(C)C)C(=O)[C@@H]1C[C@@H]2CC3(CC[C@H]2N(C)C1)OCCO3. The summed E-state index contributed by atoms with van der Waals surface area (Å²) >= 11 is 0. The molecule has 1 N–H and O–H groups in total. The third-order valence-corrected chi connectivity index (χ3v) is 6.60. The van der Waals surface area contributed by atoms with Crippen LogP contribution in [0.4, 0.5) is 4.79 Å². The third-order valence-electron chi connectivity index (χ3n) is 6.60. The quantitative estimate of drug-likeness (QED) is 0.738. The molecular weight excluding hydrogens is 372 g/mol. The minimum absolute atomic E-state index is 0.0207. The number of nitrogens with zero attached hydrogens (tertiary/aromatic N) is 3. The van der Waals surface area contributed by atoms with Gasteiger partial charge >= 0.3 is 6.03 Å². The van der Waals surface area contributed by atoms with Gasteiger partial charge in [0.2, 0.25) is 5.91 Å². The molecule has 0 aromatic heterocycles. The summed E-state index contributed by atoms with van der Waals surface area (Å²) < 4.78 is 11.9. The van der Waals surface area contributed by atoms with Crippen molar-refractivity contribution < 1.29 is 19.1 Å². The number of carbonyl (C=O) groups excluding carboxylic acids is 2. The number of amides is 3. The van der Waals surface area contributed by atoms with Crippen LogP contribution in [0.2, 0.25) is 0 Å². The van der Waals surface area contributed by atoms with Gasteiger partial charge in [-0.05, 0) is 53.8 Å². The van der Waals surface area contributed by atoms with Crippen LogP contribution in [0, 0.1) is 11.8 Å². The standard InChI is InChI=1S/C21H38N4O4/c1-6-25(20(27)22-15(2)13-23(3)4)19(26)17-11-16-12-21(28-9-10-29-21)8-7-18(16)24(5)14-17/h15-18H,6-14H2,1-5H3,(H,22,27)/t15-,16+,17+,18+/m0/s1. The highest BCUT2D eigenvalue weighted by Gasteiger charge is 2.49. The van der Waals surface area contributed by atoms with Crippen LogP contribution in [0.15, 0.2) is 0 Å². The molecule has 0 unspecified atom stereocenters. The van der Waals surface area contributed by atoms with Crippen molar-refractivity contribution in [2.45, 2.75) is 57.4 Å². The fourth-order valence-corrected chi connectivity index (χ4v) is 5.42. The molecule has 8 heteroatoms. The second kappa shape index (κ2) is 9.29. The van der Waals surface area contributed by atoms with E-state index in [-0.39, 0.29) is 23.9 Å². The predicted octanol–water partition coefficient (Wildman–Crippen LogP) is 1.36. The van der Waals surface area contributed by atoms with Gasteiger partial charge < -0.3 is 24.6 Å². The number of piperidine rings is 1. The monoisotopic (exact) mass is 410 g/mol. The number of likely N-dealkylation sites (tertiary alicyclic amines) is 1. The molecule has 3 rings (SSSR count). The van der Waals surface area contributed by atoms with Crippen molar-refractivity contribution in [2.24, 2.45) is 11.8 Å². The first-order chi connectivity index (χ1) is 13.7. The van der Waals surface area contributed by atoms with Gasteiger partial charge in [0.15, 0.2) is 5.79 Å². The Hall–Kier alpha value is -1.22. The van der Waals surface area contributed by atoms with Crippen LogP contribution < -0.4 is 5.32 Å². The number of imide groups is 1. The molecular formula is C21H38N4O4. The van der Waals surface area contributed by atoms with Gasteiger partial charge in [0.05, 0.1) is 19.1 Å². The predicted molar refractivity (Wildman–Crippen MR) is 110 cm³/mol. The highest BCUT2D eigenvalue weighted by atomic mass is 16.7. The highest BCUT2D eigenvalue weighted by molar-refractivity contribution is 5.95. The van der Waals surface area contributed by atoms with E-state index in [0.717, 1.165) is 32.2 Å². The van der Waals surface area contributed by atoms with Crippen molar-refractivity contribution in [2.75, 3.05) is 54.0 Å². The van der Waals surface area contributed by atoms with Gasteiger partial charge in [-0.15, -0.1) is 0 Å². The van der Waals surface area contributed by atoms with Crippen LogP contribution in [0.25, 0.3) is 0 Å². The molecule has 166 valence electrons. The zero-order chi connectivity index (χ0) is 21.2. The lowest BCUT2D eigenvalue weighted by Crippen LogP contribution is -2.57. The lowest BCUT2D eigenvalue weighted by Gasteiger charge is -2.49. The zero-order valence-corrected chi connectivity index (χ0v) is 18.6. The Balaban J connectivity index is 1.63. The van der Waals surface area contributed by atoms with Crippen molar-refractivity contribution in [3.63, 3.8) is 0 Å². The van der Waals surface area contributed by atoms with Crippen LogP contribution in [0.5, 0.6) is 0 Å². The molecule has 3 amide bonds. The summed E-state index contributed by atoms with van der Waals surface area (Å²) in [6, 6.07) is 0.147. The molecule has 29 heavy (non-hydrogen) atoms. The summed E-state index contributed by atoms with van der Waals surface area (Å²) in [4.78, 5) is 31.7. The van der Waals surface area contributed by atoms with Crippen molar-refractivity contribution in [1.29, 1.82) is 0 Å². The van der Waals surface area contributed by atoms with Crippen molar-refractivity contribution in [1.82, 2.24) is 20.0 Å². The number of ether oxygens (including phenoxy) is 2. The fourth-order valence-electron chi connectivity index (χ4n) is 5.42. The summed E-state index contributed by atoms with van der Waals surface area (Å²) in [7, 11) is 6.03. The summed E-state index contributed by atoms with van der Waals surface area (Å²) in [6.07, 6.45) is 3.58. The maximum absolute atomic E-state index is 13.3. The summed E-state index contributed by atoms with van der Waals surface area (Å²) in [5.41, 5.74) is 0. The maximum Gasteiger partial charge on any atom is 0.324 e. The molecule has 1 spiro atoms. The molecule has 8 nitrogen and oxygen atoms in total. The van der Waals surface area contributed by atoms with Crippen LogP contribution in [-0.4, -0.2) is 98.5 Å². The number of hydrogen-bond acceptors (Lipinski definition) is 6. The first kappa shape index (κ1) is 22.5. The average molecular weight is 411 g/mol. The number of carbonyl (C=O) groups is 2. The number of nitrogens with one attached hydrogen (secondary N) is 1. The van der Waals surface area contributed by atoms with Crippen LogP contribution in [0.1, 0.15) is 39.5 Å². The molecule has 1 saturated carbocycles. The number of rotatable bonds is 5. The van der Waals surface area contributed by atoms with Gasteiger partial charge in [-0.25, -0.2) is 4.79 Å². The summed E-state index contributed by atoms with van der Waals surface area (Å²) in [5.74, 6) is -0.340. The van der Waals surface area contributed by atoms with Crippen molar-refractivity contribution >= 4 is 11.9 Å². The van der Waals surface area contributed by atoms with E-state index < -0.39 is 5.79 Å². The number of hydrogen-bond donors (Lipinski definition) is 1. The molecule has 2 saturated heterocycles. The van der Waals surface area contributed by atoms with Crippen LogP contribution in [0.3, 0.4) is 0 Å². The fraction of sp³-hybridized carbons (Fsp3) is 0.905. The lowest BCUT2D eigenvalue weighted by atomic mass is 9.72. The number of likely N-dealkylation sites (N-methyl/N-ethyl adjacent to an activating group) is 1. The summed E-state index contributed by atoms with van der Waals surface area (Å²) in [5, 5.41) is 2.96. The van der Waals surface area contributed by atoms with E-state index >= 15 is 0 Å². The number of urea groups is 1. The second-order valence-electron chi connectivity index (χ2n) is 9.25. The molecule has 1 aliphatic carbocycles. The van der Waals surface area contributed by atoms with Crippen LogP contribution >= 0.6 is 0 Å². The van der Waals surface area contributed by atoms with Crippen molar-refractivity contribution in [3.8, 4) is 0 Å². The molecule has 4 atom stereocenters. The lowest BCUT2D eigenvalue weighted by molar-refractivity contribution is -0.202. The van der Waals surface area contributed by atoms with E-state index in [1.165, 1.54) is 4.90 Å². The normalized spacial score (nSPS) is 30.2. The second-order valence-corrected chi connectivity index (χ2v) is 9.25. The van der Waals surface area contributed by atoms with Gasteiger partial charge in [-0.3, -0.25) is 9.69 Å². The Morgan fingerprint density at radius 2 is 1.97 bits per heavy atom. The number of fused-ring (bicyclic) bond motifs is 1. The maximum atomic E-state index is 13.3. The smallest absolute Gasteiger partial charge is 0.324 e. The highest BCUT2D eigenvalue weighted by Crippen LogP contribution is 2.45. The van der Waals surface area contributed by atoms with E-state index in [2.05, 4.69) is 17.3 Å². The first-order valence-electron chi connectivity index (χ1n) is 11.0. The van der Waals surface area contributed by atoms with E-state index in [1.54, 1.807) is 0 Å². The van der Waals surface area contributed by atoms with E-state index in [9.17, 15) is 9.59 Å². The van der Waals surface area contributed by atoms with E-state index in [1.807, 2.05) is 32.8 Å². The minimum Gasteiger partial charge on any atom is -0.348 e. The van der Waals surface area contributed by atoms with Gasteiger partial charge in [-0.2, -0.15) is 0 Å². The third kappa shape index (κ3) is 5.10. The van der Waals surface area contributed by atoms with Gasteiger partial charge in [0.1, 0.15) is 0 Å². The Labute approximate surface area is 174 Å². The molecule has 0 aromatic carbocycles. The Morgan fingerprint density at radius 3 is 2.59 bits per heavy atom. The largest absolute Gasteiger partial charge is 0.348 e.